The van der Waals surface area contributed by atoms with E-state index in [1.807, 2.05) is 0 Å². The Labute approximate surface area is 184 Å². The van der Waals surface area contributed by atoms with Gasteiger partial charge >= 0.3 is 12.3 Å². The minimum atomic E-state index is -4.65. The molecule has 29 heavy (non-hydrogen) atoms. The molecule has 11 heteroatoms. The van der Waals surface area contributed by atoms with Gasteiger partial charge in [-0.2, -0.15) is 13.2 Å². The number of carbonyl (C=O) groups is 1. The molecule has 3 N–H and O–H groups in total. The highest BCUT2D eigenvalue weighted by molar-refractivity contribution is 14.0. The van der Waals surface area contributed by atoms with Crippen LogP contribution in [-0.4, -0.2) is 37.8 Å². The molecule has 0 aliphatic rings. The second kappa shape index (κ2) is 12.0. The first-order valence-corrected chi connectivity index (χ1v) is 8.69. The number of hydrogen-bond acceptors (Lipinski definition) is 3. The maximum absolute atomic E-state index is 13.1. The lowest BCUT2D eigenvalue weighted by molar-refractivity contribution is -0.138. The van der Waals surface area contributed by atoms with Crippen LogP contribution < -0.4 is 16.0 Å². The molecule has 0 bridgehead atoms. The first-order chi connectivity index (χ1) is 12.9. The van der Waals surface area contributed by atoms with Gasteiger partial charge in [0.2, 0.25) is 0 Å². The summed E-state index contributed by atoms with van der Waals surface area (Å²) in [5.74, 6) is -0.661. The highest BCUT2D eigenvalue weighted by Gasteiger charge is 2.33. The molecule has 1 rings (SSSR count). The molecule has 1 aromatic rings. The second-order valence-corrected chi connectivity index (χ2v) is 6.93. The van der Waals surface area contributed by atoms with Crippen molar-refractivity contribution in [3.8, 4) is 0 Å². The van der Waals surface area contributed by atoms with Crippen molar-refractivity contribution in [1.29, 1.82) is 0 Å². The van der Waals surface area contributed by atoms with Crippen LogP contribution in [0.4, 0.5) is 22.4 Å². The van der Waals surface area contributed by atoms with Crippen molar-refractivity contribution in [2.45, 2.75) is 45.5 Å². The monoisotopic (exact) mass is 534 g/mol. The molecule has 0 aromatic heterocycles. The van der Waals surface area contributed by atoms with Gasteiger partial charge in [0.15, 0.2) is 5.96 Å². The molecule has 0 fully saturated rings. The molecule has 0 unspecified atom stereocenters. The number of guanidine groups is 1. The van der Waals surface area contributed by atoms with Crippen LogP contribution in [0.25, 0.3) is 0 Å². The summed E-state index contributed by atoms with van der Waals surface area (Å²) < 4.78 is 57.2. The van der Waals surface area contributed by atoms with Gasteiger partial charge in [-0.25, -0.2) is 9.18 Å². The predicted molar refractivity (Wildman–Crippen MR) is 114 cm³/mol. The highest BCUT2D eigenvalue weighted by Crippen LogP contribution is 2.32. The van der Waals surface area contributed by atoms with E-state index in [0.717, 1.165) is 12.1 Å². The smallest absolute Gasteiger partial charge is 0.416 e. The molecule has 166 valence electrons. The lowest BCUT2D eigenvalue weighted by Gasteiger charge is -2.19. The van der Waals surface area contributed by atoms with Gasteiger partial charge in [0.25, 0.3) is 0 Å². The lowest BCUT2D eigenvalue weighted by atomic mass is 10.1. The number of halogens is 5. The number of alkyl halides is 3. The Kier molecular flexibility index (Phi) is 11.3. The van der Waals surface area contributed by atoms with E-state index in [4.69, 9.17) is 4.74 Å². The Morgan fingerprint density at radius 2 is 1.72 bits per heavy atom. The zero-order chi connectivity index (χ0) is 21.4. The van der Waals surface area contributed by atoms with E-state index in [0.29, 0.717) is 25.6 Å². The average molecular weight is 534 g/mol. The molecular formula is C18H27F4IN4O2. The summed E-state index contributed by atoms with van der Waals surface area (Å²) in [7, 11) is 1.48. The first-order valence-electron chi connectivity index (χ1n) is 8.69. The van der Waals surface area contributed by atoms with E-state index in [1.54, 1.807) is 20.8 Å². The van der Waals surface area contributed by atoms with Gasteiger partial charge in [0.05, 0.1) is 5.56 Å². The van der Waals surface area contributed by atoms with Crippen LogP contribution in [0.3, 0.4) is 0 Å². The van der Waals surface area contributed by atoms with Gasteiger partial charge < -0.3 is 20.7 Å². The molecule has 0 heterocycles. The molecule has 0 spiro atoms. The zero-order valence-electron chi connectivity index (χ0n) is 16.7. The third-order valence-corrected chi connectivity index (χ3v) is 3.36. The summed E-state index contributed by atoms with van der Waals surface area (Å²) >= 11 is 0. The second-order valence-electron chi connectivity index (χ2n) is 6.93. The van der Waals surface area contributed by atoms with Crippen LogP contribution in [0, 0.1) is 5.82 Å². The van der Waals surface area contributed by atoms with E-state index in [2.05, 4.69) is 20.9 Å². The Morgan fingerprint density at radius 3 is 2.28 bits per heavy atom. The number of benzene rings is 1. The Balaban J connectivity index is 0.00000784. The Hall–Kier alpha value is -1.79. The maximum Gasteiger partial charge on any atom is 0.416 e. The molecule has 0 aliphatic heterocycles. The summed E-state index contributed by atoms with van der Waals surface area (Å²) in [6.07, 6.45) is -4.63. The molecule has 0 aliphatic carbocycles. The van der Waals surface area contributed by atoms with Gasteiger partial charge in [-0.15, -0.1) is 24.0 Å². The van der Waals surface area contributed by atoms with Crippen LogP contribution >= 0.6 is 24.0 Å². The maximum atomic E-state index is 13.1. The number of alkyl carbamates (subject to hydrolysis) is 1. The molecule has 1 aromatic carbocycles. The van der Waals surface area contributed by atoms with Crippen LogP contribution in [0.15, 0.2) is 23.2 Å². The van der Waals surface area contributed by atoms with Crippen molar-refractivity contribution < 1.29 is 27.1 Å². The third-order valence-electron chi connectivity index (χ3n) is 3.36. The lowest BCUT2D eigenvalue weighted by Crippen LogP contribution is -2.39. The number of nitrogens with zero attached hydrogens (tertiary/aromatic N) is 1. The van der Waals surface area contributed by atoms with Gasteiger partial charge in [0.1, 0.15) is 11.4 Å². The molecule has 0 saturated heterocycles. The predicted octanol–water partition coefficient (Wildman–Crippen LogP) is 4.04. The standard InChI is InChI=1S/C18H26F4N4O2.HI/c1-17(2,3)28-16(27)25-9-5-8-24-15(23-4)26-11-12-6-7-13(19)10-14(12)18(20,21)22;/h6-7,10H,5,8-9,11H2,1-4H3,(H,25,27)(H2,23,24,26);1H. The topological polar surface area (TPSA) is 74.8 Å². The number of carbonyl (C=O) groups excluding carboxylic acids is 1. The minimum absolute atomic E-state index is 0. The summed E-state index contributed by atoms with van der Waals surface area (Å²) in [6, 6.07) is 2.53. The highest BCUT2D eigenvalue weighted by atomic mass is 127. The molecule has 0 radical (unpaired) electrons. The number of aliphatic imine (C=N–C) groups is 1. The van der Waals surface area contributed by atoms with E-state index < -0.39 is 29.3 Å². The van der Waals surface area contributed by atoms with Crippen molar-refractivity contribution in [2.75, 3.05) is 20.1 Å². The van der Waals surface area contributed by atoms with E-state index in [1.165, 1.54) is 7.05 Å². The van der Waals surface area contributed by atoms with Crippen molar-refractivity contribution in [3.63, 3.8) is 0 Å². The Bertz CT molecular complexity index is 691. The quantitative estimate of drug-likeness (QED) is 0.169. The number of amides is 1. The SMILES string of the molecule is CN=C(NCCCNC(=O)OC(C)(C)C)NCc1ccc(F)cc1C(F)(F)F.I. The first kappa shape index (κ1) is 27.2. The fourth-order valence-corrected chi connectivity index (χ4v) is 2.17. The minimum Gasteiger partial charge on any atom is -0.444 e. The van der Waals surface area contributed by atoms with Gasteiger partial charge in [-0.05, 0) is 44.9 Å². The van der Waals surface area contributed by atoms with Crippen LogP contribution in [0.5, 0.6) is 0 Å². The molecular weight excluding hydrogens is 507 g/mol. The largest absolute Gasteiger partial charge is 0.444 e. The van der Waals surface area contributed by atoms with Crippen molar-refractivity contribution >= 4 is 36.0 Å². The third kappa shape index (κ3) is 11.1. The zero-order valence-corrected chi connectivity index (χ0v) is 19.1. The van der Waals surface area contributed by atoms with Gasteiger partial charge in [-0.1, -0.05) is 6.07 Å². The Morgan fingerprint density at radius 1 is 1.10 bits per heavy atom. The van der Waals surface area contributed by atoms with Crippen LogP contribution in [0.1, 0.15) is 38.3 Å². The van der Waals surface area contributed by atoms with E-state index in [-0.39, 0.29) is 42.0 Å². The fourth-order valence-electron chi connectivity index (χ4n) is 2.17. The molecule has 1 amide bonds. The van der Waals surface area contributed by atoms with Crippen molar-refractivity contribution in [2.24, 2.45) is 4.99 Å². The van der Waals surface area contributed by atoms with Crippen molar-refractivity contribution in [1.82, 2.24) is 16.0 Å². The van der Waals surface area contributed by atoms with Crippen LogP contribution in [-0.2, 0) is 17.5 Å². The average Bonchev–Trinajstić information content (AvgIpc) is 2.55. The van der Waals surface area contributed by atoms with Crippen molar-refractivity contribution in [3.05, 3.63) is 35.1 Å². The number of nitrogens with one attached hydrogen (secondary N) is 3. The summed E-state index contributed by atoms with van der Waals surface area (Å²) in [5, 5.41) is 8.27. The van der Waals surface area contributed by atoms with E-state index in [9.17, 15) is 22.4 Å². The number of hydrogen-bond donors (Lipinski definition) is 3. The summed E-state index contributed by atoms with van der Waals surface area (Å²) in [6.45, 7) is 5.88. The van der Waals surface area contributed by atoms with Crippen LogP contribution in [0.2, 0.25) is 0 Å². The molecule has 6 nitrogen and oxygen atoms in total. The fraction of sp³-hybridized carbons (Fsp3) is 0.556. The summed E-state index contributed by atoms with van der Waals surface area (Å²) in [5.41, 5.74) is -1.70. The van der Waals surface area contributed by atoms with Gasteiger partial charge in [0, 0.05) is 26.7 Å². The summed E-state index contributed by atoms with van der Waals surface area (Å²) in [4.78, 5) is 15.4. The number of rotatable bonds is 6. The number of ether oxygens (including phenoxy) is 1. The van der Waals surface area contributed by atoms with Gasteiger partial charge in [-0.3, -0.25) is 4.99 Å². The normalized spacial score (nSPS) is 12.1. The van der Waals surface area contributed by atoms with E-state index >= 15 is 0 Å². The molecule has 0 atom stereocenters. The molecule has 0 saturated carbocycles.